The number of nitrogens with zero attached hydrogens (tertiary/aromatic N) is 6. The molecule has 35 heavy (non-hydrogen) atoms. The van der Waals surface area contributed by atoms with Gasteiger partial charge in [0.25, 0.3) is 5.69 Å². The molecule has 1 aromatic carbocycles. The molecule has 0 radical (unpaired) electrons. The zero-order valence-electron chi connectivity index (χ0n) is 19.0. The van der Waals surface area contributed by atoms with E-state index in [9.17, 15) is 10.1 Å². The lowest BCUT2D eigenvalue weighted by atomic mass is 10.1. The molecular weight excluding hydrogens is 454 g/mol. The van der Waals surface area contributed by atoms with E-state index in [1.807, 2.05) is 6.07 Å². The number of nitro groups is 1. The van der Waals surface area contributed by atoms with E-state index in [-0.39, 0.29) is 5.69 Å². The Morgan fingerprint density at radius 1 is 0.971 bits per heavy atom. The first-order chi connectivity index (χ1) is 17.2. The Balaban J connectivity index is 1.32. The third kappa shape index (κ3) is 5.55. The van der Waals surface area contributed by atoms with E-state index in [1.165, 1.54) is 18.3 Å². The van der Waals surface area contributed by atoms with Crippen LogP contribution >= 0.6 is 0 Å². The number of rotatable bonds is 7. The molecule has 5 rings (SSSR count). The molecule has 0 unspecified atom stereocenters. The van der Waals surface area contributed by atoms with Crippen molar-refractivity contribution < 1.29 is 18.8 Å². The normalized spacial score (nSPS) is 16.6. The summed E-state index contributed by atoms with van der Waals surface area (Å²) in [6.07, 6.45) is 1.53. The number of hydrogen-bond donors (Lipinski definition) is 1. The minimum Gasteiger partial charge on any atom is -0.455 e. The second-order valence-corrected chi connectivity index (χ2v) is 7.99. The standard InChI is InChI=1S/C23H25N7O5/c31-30(32)18-3-1-2-17(14-18)20-5-4-19(35-20)16-24-27-21-15-22(28-6-10-33-11-7-28)26-23(25-21)29-8-12-34-13-9-29/h1-5,14-16H,6-13H2,(H,25,26,27)/b24-16-. The second-order valence-electron chi connectivity index (χ2n) is 7.99. The largest absolute Gasteiger partial charge is 0.455 e. The zero-order valence-corrected chi connectivity index (χ0v) is 19.0. The van der Waals surface area contributed by atoms with E-state index in [0.29, 0.717) is 55.3 Å². The van der Waals surface area contributed by atoms with Gasteiger partial charge in [0.15, 0.2) is 5.82 Å². The molecule has 182 valence electrons. The smallest absolute Gasteiger partial charge is 0.270 e. The highest BCUT2D eigenvalue weighted by Gasteiger charge is 2.19. The van der Waals surface area contributed by atoms with Crippen molar-refractivity contribution in [2.45, 2.75) is 0 Å². The van der Waals surface area contributed by atoms with Crippen LogP contribution in [0.15, 0.2) is 52.0 Å². The van der Waals surface area contributed by atoms with Crippen LogP contribution in [0.25, 0.3) is 11.3 Å². The van der Waals surface area contributed by atoms with Crippen molar-refractivity contribution in [3.63, 3.8) is 0 Å². The van der Waals surface area contributed by atoms with Crippen LogP contribution in [0.5, 0.6) is 0 Å². The SMILES string of the molecule is O=[N+]([O-])c1cccc(-c2ccc(/C=N\Nc3cc(N4CCOCC4)nc(N4CCOCC4)n3)o2)c1. The van der Waals surface area contributed by atoms with Crippen molar-refractivity contribution >= 4 is 29.5 Å². The Hall–Kier alpha value is -4.03. The summed E-state index contributed by atoms with van der Waals surface area (Å²) in [5.74, 6) is 3.01. The summed E-state index contributed by atoms with van der Waals surface area (Å²) in [5.41, 5.74) is 3.60. The van der Waals surface area contributed by atoms with Crippen LogP contribution in [0, 0.1) is 10.1 Å². The number of aromatic nitrogens is 2. The van der Waals surface area contributed by atoms with Crippen LogP contribution in [-0.2, 0) is 9.47 Å². The maximum Gasteiger partial charge on any atom is 0.270 e. The molecule has 12 nitrogen and oxygen atoms in total. The molecule has 2 aromatic heterocycles. The lowest BCUT2D eigenvalue weighted by molar-refractivity contribution is -0.384. The molecule has 12 heteroatoms. The number of hydrogen-bond acceptors (Lipinski definition) is 11. The molecule has 2 aliphatic rings. The van der Waals surface area contributed by atoms with Gasteiger partial charge in [0.05, 0.1) is 37.6 Å². The average Bonchev–Trinajstić information content (AvgIpc) is 3.39. The fraction of sp³-hybridized carbons (Fsp3) is 0.348. The monoisotopic (exact) mass is 479 g/mol. The van der Waals surface area contributed by atoms with Gasteiger partial charge in [-0.2, -0.15) is 15.1 Å². The first-order valence-electron chi connectivity index (χ1n) is 11.3. The number of nitrogens with one attached hydrogen (secondary N) is 1. The van der Waals surface area contributed by atoms with Crippen LogP contribution in [0.2, 0.25) is 0 Å². The first-order valence-corrected chi connectivity index (χ1v) is 11.3. The predicted octanol–water partition coefficient (Wildman–Crippen LogP) is 2.76. The van der Waals surface area contributed by atoms with Crippen molar-refractivity contribution in [3.05, 3.63) is 58.3 Å². The molecule has 0 atom stereocenters. The average molecular weight is 479 g/mol. The van der Waals surface area contributed by atoms with Crippen LogP contribution < -0.4 is 15.2 Å². The number of hydrazone groups is 1. The van der Waals surface area contributed by atoms with Crippen LogP contribution in [0.4, 0.5) is 23.3 Å². The lowest BCUT2D eigenvalue weighted by Crippen LogP contribution is -2.39. The molecule has 0 saturated carbocycles. The quantitative estimate of drug-likeness (QED) is 0.306. The number of benzene rings is 1. The number of anilines is 3. The fourth-order valence-corrected chi connectivity index (χ4v) is 3.85. The minimum absolute atomic E-state index is 0.00619. The van der Waals surface area contributed by atoms with Gasteiger partial charge < -0.3 is 23.7 Å². The van der Waals surface area contributed by atoms with Crippen LogP contribution in [0.3, 0.4) is 0 Å². The van der Waals surface area contributed by atoms with E-state index < -0.39 is 4.92 Å². The summed E-state index contributed by atoms with van der Waals surface area (Å²) in [6.45, 7) is 5.55. The molecule has 0 aliphatic carbocycles. The van der Waals surface area contributed by atoms with Crippen molar-refractivity contribution in [2.24, 2.45) is 5.10 Å². The highest BCUT2D eigenvalue weighted by atomic mass is 16.6. The summed E-state index contributed by atoms with van der Waals surface area (Å²) in [4.78, 5) is 24.3. The van der Waals surface area contributed by atoms with Crippen molar-refractivity contribution in [3.8, 4) is 11.3 Å². The third-order valence-corrected chi connectivity index (χ3v) is 5.67. The maximum absolute atomic E-state index is 11.0. The van der Waals surface area contributed by atoms with Gasteiger partial charge in [0, 0.05) is 49.9 Å². The van der Waals surface area contributed by atoms with Gasteiger partial charge in [0.2, 0.25) is 5.95 Å². The van der Waals surface area contributed by atoms with Gasteiger partial charge in [0.1, 0.15) is 17.3 Å². The highest BCUT2D eigenvalue weighted by Crippen LogP contribution is 2.26. The number of nitro benzene ring substituents is 1. The van der Waals surface area contributed by atoms with Crippen LogP contribution in [-0.4, -0.2) is 73.7 Å². The van der Waals surface area contributed by atoms with Gasteiger partial charge in [-0.3, -0.25) is 15.5 Å². The summed E-state index contributed by atoms with van der Waals surface area (Å²) in [7, 11) is 0. The summed E-state index contributed by atoms with van der Waals surface area (Å²) < 4.78 is 16.7. The molecule has 2 fully saturated rings. The number of morpholine rings is 2. The highest BCUT2D eigenvalue weighted by molar-refractivity contribution is 5.78. The molecule has 4 heterocycles. The van der Waals surface area contributed by atoms with E-state index in [1.54, 1.807) is 24.3 Å². The Labute approximate surface area is 201 Å². The maximum atomic E-state index is 11.0. The number of ether oxygens (including phenoxy) is 2. The van der Waals surface area contributed by atoms with Crippen LogP contribution in [0.1, 0.15) is 5.76 Å². The first kappa shape index (κ1) is 22.7. The molecular formula is C23H25N7O5. The molecule has 1 N–H and O–H groups in total. The Kier molecular flexibility index (Phi) is 6.82. The summed E-state index contributed by atoms with van der Waals surface area (Å²) in [5, 5.41) is 15.3. The van der Waals surface area contributed by atoms with E-state index in [0.717, 1.165) is 32.0 Å². The molecule has 0 spiro atoms. The van der Waals surface area contributed by atoms with Gasteiger partial charge in [-0.25, -0.2) is 0 Å². The number of furan rings is 1. The summed E-state index contributed by atoms with van der Waals surface area (Å²) in [6, 6.07) is 11.7. The topological polar surface area (TPSA) is 131 Å². The van der Waals surface area contributed by atoms with Crippen molar-refractivity contribution in [1.82, 2.24) is 9.97 Å². The second kappa shape index (κ2) is 10.5. The van der Waals surface area contributed by atoms with E-state index >= 15 is 0 Å². The Bertz CT molecular complexity index is 1170. The van der Waals surface area contributed by atoms with Gasteiger partial charge >= 0.3 is 0 Å². The molecule has 3 aromatic rings. The van der Waals surface area contributed by atoms with E-state index in [2.05, 4.69) is 25.3 Å². The number of non-ortho nitro benzene ring substituents is 1. The molecule has 2 saturated heterocycles. The summed E-state index contributed by atoms with van der Waals surface area (Å²) >= 11 is 0. The minimum atomic E-state index is -0.434. The Morgan fingerprint density at radius 3 is 2.46 bits per heavy atom. The van der Waals surface area contributed by atoms with Gasteiger partial charge in [-0.1, -0.05) is 12.1 Å². The van der Waals surface area contributed by atoms with Gasteiger partial charge in [-0.15, -0.1) is 0 Å². The Morgan fingerprint density at radius 2 is 1.71 bits per heavy atom. The predicted molar refractivity (Wildman–Crippen MR) is 130 cm³/mol. The van der Waals surface area contributed by atoms with Gasteiger partial charge in [-0.05, 0) is 12.1 Å². The van der Waals surface area contributed by atoms with Crippen molar-refractivity contribution in [2.75, 3.05) is 67.8 Å². The van der Waals surface area contributed by atoms with Crippen molar-refractivity contribution in [1.29, 1.82) is 0 Å². The lowest BCUT2D eigenvalue weighted by Gasteiger charge is -2.31. The van der Waals surface area contributed by atoms with E-state index in [4.69, 9.17) is 18.9 Å². The molecule has 0 amide bonds. The molecule has 2 aliphatic heterocycles. The third-order valence-electron chi connectivity index (χ3n) is 5.67. The zero-order chi connectivity index (χ0) is 24.0. The fourth-order valence-electron chi connectivity index (χ4n) is 3.85. The molecule has 0 bridgehead atoms.